The largest absolute Gasteiger partial charge is 0.303 e. The van der Waals surface area contributed by atoms with E-state index in [9.17, 15) is 4.79 Å². The molecule has 13 heavy (non-hydrogen) atoms. The molecule has 0 radical (unpaired) electrons. The van der Waals surface area contributed by atoms with Crippen molar-refractivity contribution in [3.05, 3.63) is 33.4 Å². The predicted molar refractivity (Wildman–Crippen MR) is 62.7 cm³/mol. The van der Waals surface area contributed by atoms with Crippen LogP contribution in [0.4, 0.5) is 0 Å². The summed E-state index contributed by atoms with van der Waals surface area (Å²) in [4.78, 5) is 10.4. The highest BCUT2D eigenvalue weighted by Crippen LogP contribution is 2.10. The van der Waals surface area contributed by atoms with E-state index in [-0.39, 0.29) is 5.92 Å². The molecule has 0 aliphatic heterocycles. The molecule has 0 N–H and O–H groups in total. The van der Waals surface area contributed by atoms with Crippen molar-refractivity contribution in [2.75, 3.05) is 0 Å². The summed E-state index contributed by atoms with van der Waals surface area (Å²) in [6, 6.07) is 8.45. The highest BCUT2D eigenvalue weighted by Gasteiger charge is 1.99. The second kappa shape index (κ2) is 5.37. The molecule has 0 saturated carbocycles. The molecule has 0 fully saturated rings. The van der Waals surface area contributed by atoms with Crippen LogP contribution >= 0.6 is 22.6 Å². The van der Waals surface area contributed by atoms with Gasteiger partial charge in [-0.05, 0) is 53.1 Å². The van der Waals surface area contributed by atoms with Crippen LogP contribution in [0.5, 0.6) is 0 Å². The Labute approximate surface area is 92.7 Å². The zero-order chi connectivity index (χ0) is 9.68. The standard InChI is InChI=1S/C11H13IO/c1-9(8-13)2-3-10-4-6-11(12)7-5-10/h4-9H,2-3H2,1H3. The Kier molecular flexibility index (Phi) is 4.42. The van der Waals surface area contributed by atoms with E-state index in [0.717, 1.165) is 19.1 Å². The van der Waals surface area contributed by atoms with Gasteiger partial charge in [0.05, 0.1) is 0 Å². The minimum atomic E-state index is 0.180. The second-order valence-corrected chi connectivity index (χ2v) is 4.52. The number of carbonyl (C=O) groups is 1. The minimum Gasteiger partial charge on any atom is -0.303 e. The summed E-state index contributed by atoms with van der Waals surface area (Å²) in [7, 11) is 0. The molecule has 0 heterocycles. The molecule has 1 atom stereocenters. The van der Waals surface area contributed by atoms with Gasteiger partial charge in [-0.2, -0.15) is 0 Å². The molecule has 0 amide bonds. The molecule has 1 rings (SSSR count). The van der Waals surface area contributed by atoms with Gasteiger partial charge >= 0.3 is 0 Å². The Morgan fingerprint density at radius 1 is 1.38 bits per heavy atom. The quantitative estimate of drug-likeness (QED) is 0.614. The summed E-state index contributed by atoms with van der Waals surface area (Å²) < 4.78 is 1.25. The van der Waals surface area contributed by atoms with Crippen LogP contribution < -0.4 is 0 Å². The van der Waals surface area contributed by atoms with E-state index in [2.05, 4.69) is 46.9 Å². The van der Waals surface area contributed by atoms with Crippen LogP contribution in [0.15, 0.2) is 24.3 Å². The van der Waals surface area contributed by atoms with Crippen molar-refractivity contribution in [1.82, 2.24) is 0 Å². The average molecular weight is 288 g/mol. The number of rotatable bonds is 4. The van der Waals surface area contributed by atoms with E-state index in [0.29, 0.717) is 0 Å². The molecule has 0 aliphatic rings. The first-order valence-corrected chi connectivity index (χ1v) is 5.50. The number of hydrogen-bond acceptors (Lipinski definition) is 1. The molecule has 0 saturated heterocycles. The maximum absolute atomic E-state index is 10.4. The molecule has 1 unspecified atom stereocenters. The van der Waals surface area contributed by atoms with Crippen molar-refractivity contribution in [2.24, 2.45) is 5.92 Å². The van der Waals surface area contributed by atoms with E-state index >= 15 is 0 Å². The maximum atomic E-state index is 10.4. The highest BCUT2D eigenvalue weighted by atomic mass is 127. The molecule has 0 aliphatic carbocycles. The van der Waals surface area contributed by atoms with Crippen LogP contribution in [-0.4, -0.2) is 6.29 Å². The first kappa shape index (κ1) is 10.7. The summed E-state index contributed by atoms with van der Waals surface area (Å²) in [5.41, 5.74) is 1.31. The molecular weight excluding hydrogens is 275 g/mol. The zero-order valence-electron chi connectivity index (χ0n) is 7.66. The molecular formula is C11H13IO. The molecule has 70 valence electrons. The van der Waals surface area contributed by atoms with Gasteiger partial charge in [0.2, 0.25) is 0 Å². The van der Waals surface area contributed by atoms with E-state index in [4.69, 9.17) is 0 Å². The average Bonchev–Trinajstić information content (AvgIpc) is 2.16. The monoisotopic (exact) mass is 288 g/mol. The number of aryl methyl sites for hydroxylation is 1. The minimum absolute atomic E-state index is 0.180. The lowest BCUT2D eigenvalue weighted by Crippen LogP contribution is -1.97. The van der Waals surface area contributed by atoms with Gasteiger partial charge in [0.1, 0.15) is 6.29 Å². The Hall–Kier alpha value is -0.380. The summed E-state index contributed by atoms with van der Waals surface area (Å²) in [5.74, 6) is 0.180. The molecule has 1 aromatic carbocycles. The van der Waals surface area contributed by atoms with Crippen LogP contribution in [0.2, 0.25) is 0 Å². The molecule has 1 nitrogen and oxygen atoms in total. The number of aldehydes is 1. The summed E-state index contributed by atoms with van der Waals surface area (Å²) in [6.45, 7) is 1.96. The third-order valence-corrected chi connectivity index (χ3v) is 2.75. The molecule has 0 bridgehead atoms. The van der Waals surface area contributed by atoms with E-state index < -0.39 is 0 Å². The topological polar surface area (TPSA) is 17.1 Å². The Morgan fingerprint density at radius 2 is 2.00 bits per heavy atom. The van der Waals surface area contributed by atoms with Gasteiger partial charge in [0.25, 0.3) is 0 Å². The van der Waals surface area contributed by atoms with Crippen molar-refractivity contribution in [3.63, 3.8) is 0 Å². The molecule has 0 aromatic heterocycles. The third kappa shape index (κ3) is 3.89. The second-order valence-electron chi connectivity index (χ2n) is 3.28. The summed E-state index contributed by atoms with van der Waals surface area (Å²) >= 11 is 2.29. The first-order chi connectivity index (χ1) is 6.22. The van der Waals surface area contributed by atoms with Gasteiger partial charge in [-0.25, -0.2) is 0 Å². The van der Waals surface area contributed by atoms with Gasteiger partial charge in [-0.1, -0.05) is 19.1 Å². The lowest BCUT2D eigenvalue weighted by Gasteiger charge is -2.03. The normalized spacial score (nSPS) is 12.5. The van der Waals surface area contributed by atoms with E-state index in [1.165, 1.54) is 9.13 Å². The van der Waals surface area contributed by atoms with Crippen LogP contribution in [0.3, 0.4) is 0 Å². The lowest BCUT2D eigenvalue weighted by atomic mass is 10.0. The Balaban J connectivity index is 2.45. The van der Waals surface area contributed by atoms with Crippen molar-refractivity contribution in [3.8, 4) is 0 Å². The third-order valence-electron chi connectivity index (χ3n) is 2.03. The smallest absolute Gasteiger partial charge is 0.122 e. The van der Waals surface area contributed by atoms with Crippen LogP contribution in [0, 0.1) is 9.49 Å². The lowest BCUT2D eigenvalue weighted by molar-refractivity contribution is -0.110. The van der Waals surface area contributed by atoms with Gasteiger partial charge in [-0.3, -0.25) is 0 Å². The fourth-order valence-electron chi connectivity index (χ4n) is 1.11. The molecule has 0 spiro atoms. The SMILES string of the molecule is CC(C=O)CCc1ccc(I)cc1. The van der Waals surface area contributed by atoms with Gasteiger partial charge in [0, 0.05) is 9.49 Å². The van der Waals surface area contributed by atoms with Gasteiger partial charge in [0.15, 0.2) is 0 Å². The fraction of sp³-hybridized carbons (Fsp3) is 0.364. The highest BCUT2D eigenvalue weighted by molar-refractivity contribution is 14.1. The van der Waals surface area contributed by atoms with Crippen molar-refractivity contribution in [2.45, 2.75) is 19.8 Å². The maximum Gasteiger partial charge on any atom is 0.122 e. The Morgan fingerprint density at radius 3 is 2.54 bits per heavy atom. The van der Waals surface area contributed by atoms with Gasteiger partial charge < -0.3 is 4.79 Å². The molecule has 1 aromatic rings. The van der Waals surface area contributed by atoms with Crippen molar-refractivity contribution in [1.29, 1.82) is 0 Å². The number of carbonyl (C=O) groups excluding carboxylic acids is 1. The van der Waals surface area contributed by atoms with Crippen LogP contribution in [0.1, 0.15) is 18.9 Å². The van der Waals surface area contributed by atoms with Crippen molar-refractivity contribution >= 4 is 28.9 Å². The Bertz CT molecular complexity index is 266. The van der Waals surface area contributed by atoms with E-state index in [1.807, 2.05) is 6.92 Å². The summed E-state index contributed by atoms with van der Waals surface area (Å²) in [6.07, 6.45) is 2.97. The number of halogens is 1. The van der Waals surface area contributed by atoms with Crippen LogP contribution in [-0.2, 0) is 11.2 Å². The summed E-state index contributed by atoms with van der Waals surface area (Å²) in [5, 5.41) is 0. The fourth-order valence-corrected chi connectivity index (χ4v) is 1.47. The molecule has 2 heteroatoms. The predicted octanol–water partition coefficient (Wildman–Crippen LogP) is 3.06. The van der Waals surface area contributed by atoms with Crippen molar-refractivity contribution < 1.29 is 4.79 Å². The number of hydrogen-bond donors (Lipinski definition) is 0. The first-order valence-electron chi connectivity index (χ1n) is 4.42. The van der Waals surface area contributed by atoms with E-state index in [1.54, 1.807) is 0 Å². The van der Waals surface area contributed by atoms with Gasteiger partial charge in [-0.15, -0.1) is 0 Å². The number of benzene rings is 1. The van der Waals surface area contributed by atoms with Crippen LogP contribution in [0.25, 0.3) is 0 Å². The zero-order valence-corrected chi connectivity index (χ0v) is 9.82.